The molecule has 0 saturated carbocycles. The third-order valence-corrected chi connectivity index (χ3v) is 2.78. The Balaban J connectivity index is 2.13. The van der Waals surface area contributed by atoms with Crippen LogP contribution in [0.15, 0.2) is 42.6 Å². The maximum Gasteiger partial charge on any atom is 0.128 e. The highest BCUT2D eigenvalue weighted by Gasteiger charge is 2.04. The number of hydrogen-bond donors (Lipinski definition) is 1. The Kier molecular flexibility index (Phi) is 3.94. The van der Waals surface area contributed by atoms with Crippen LogP contribution in [-0.2, 0) is 13.1 Å². The highest BCUT2D eigenvalue weighted by atomic mass is 19.1. The van der Waals surface area contributed by atoms with E-state index in [1.807, 2.05) is 24.4 Å². The second-order valence-electron chi connectivity index (χ2n) is 4.00. The van der Waals surface area contributed by atoms with Crippen molar-refractivity contribution in [1.82, 2.24) is 9.88 Å². The zero-order chi connectivity index (χ0) is 12.1. The molecule has 0 radical (unpaired) electrons. The molecule has 0 aliphatic heterocycles. The molecule has 0 spiro atoms. The molecule has 1 N–H and O–H groups in total. The van der Waals surface area contributed by atoms with Gasteiger partial charge in [0.1, 0.15) is 5.82 Å². The van der Waals surface area contributed by atoms with Crippen LogP contribution in [-0.4, -0.2) is 11.1 Å². The Morgan fingerprint density at radius 3 is 2.76 bits per heavy atom. The van der Waals surface area contributed by atoms with Crippen molar-refractivity contribution in [3.63, 3.8) is 0 Å². The van der Waals surface area contributed by atoms with Gasteiger partial charge in [-0.15, -0.1) is 0 Å². The van der Waals surface area contributed by atoms with Crippen molar-refractivity contribution in [3.8, 4) is 0 Å². The summed E-state index contributed by atoms with van der Waals surface area (Å²) < 4.78 is 15.6. The summed E-state index contributed by atoms with van der Waals surface area (Å²) in [7, 11) is 0. The molecular formula is C14H17FN2. The Morgan fingerprint density at radius 2 is 2.00 bits per heavy atom. The van der Waals surface area contributed by atoms with Gasteiger partial charge in [-0.05, 0) is 24.7 Å². The van der Waals surface area contributed by atoms with Gasteiger partial charge in [-0.25, -0.2) is 4.39 Å². The molecule has 0 saturated heterocycles. The standard InChI is InChI=1S/C14H17FN2/c1-2-16-10-13-7-5-9-17(13)11-12-6-3-4-8-14(12)15/h3-9,16H,2,10-11H2,1H3. The van der Waals surface area contributed by atoms with Crippen LogP contribution in [0.3, 0.4) is 0 Å². The third-order valence-electron chi connectivity index (χ3n) is 2.78. The zero-order valence-electron chi connectivity index (χ0n) is 9.99. The molecule has 90 valence electrons. The molecule has 1 aromatic carbocycles. The fourth-order valence-corrected chi connectivity index (χ4v) is 1.83. The van der Waals surface area contributed by atoms with Crippen LogP contribution in [0.25, 0.3) is 0 Å². The largest absolute Gasteiger partial charge is 0.346 e. The fraction of sp³-hybridized carbons (Fsp3) is 0.286. The average molecular weight is 232 g/mol. The molecule has 2 aromatic rings. The molecule has 3 heteroatoms. The molecular weight excluding hydrogens is 215 g/mol. The van der Waals surface area contributed by atoms with Crippen molar-refractivity contribution < 1.29 is 4.39 Å². The van der Waals surface area contributed by atoms with Crippen LogP contribution in [0.1, 0.15) is 18.2 Å². The molecule has 2 nitrogen and oxygen atoms in total. The number of aromatic nitrogens is 1. The first-order valence-electron chi connectivity index (χ1n) is 5.89. The van der Waals surface area contributed by atoms with Gasteiger partial charge >= 0.3 is 0 Å². The number of rotatable bonds is 5. The zero-order valence-corrected chi connectivity index (χ0v) is 9.99. The summed E-state index contributed by atoms with van der Waals surface area (Å²) in [5.74, 6) is -0.143. The van der Waals surface area contributed by atoms with E-state index in [1.54, 1.807) is 6.07 Å². The summed E-state index contributed by atoms with van der Waals surface area (Å²) in [6.45, 7) is 4.41. The van der Waals surface area contributed by atoms with E-state index in [4.69, 9.17) is 0 Å². The Morgan fingerprint density at radius 1 is 1.18 bits per heavy atom. The third kappa shape index (κ3) is 2.94. The summed E-state index contributed by atoms with van der Waals surface area (Å²) in [6, 6.07) is 11.0. The van der Waals surface area contributed by atoms with E-state index in [9.17, 15) is 4.39 Å². The second kappa shape index (κ2) is 5.64. The van der Waals surface area contributed by atoms with Crippen molar-refractivity contribution in [2.24, 2.45) is 0 Å². The van der Waals surface area contributed by atoms with Gasteiger partial charge in [0, 0.05) is 24.0 Å². The first-order valence-corrected chi connectivity index (χ1v) is 5.89. The number of hydrogen-bond acceptors (Lipinski definition) is 1. The average Bonchev–Trinajstić information content (AvgIpc) is 2.77. The highest BCUT2D eigenvalue weighted by Crippen LogP contribution is 2.11. The molecule has 0 atom stereocenters. The van der Waals surface area contributed by atoms with Crippen LogP contribution >= 0.6 is 0 Å². The smallest absolute Gasteiger partial charge is 0.128 e. The van der Waals surface area contributed by atoms with E-state index in [2.05, 4.69) is 22.9 Å². The van der Waals surface area contributed by atoms with Gasteiger partial charge in [0.05, 0.1) is 6.54 Å². The van der Waals surface area contributed by atoms with Crippen molar-refractivity contribution in [2.45, 2.75) is 20.0 Å². The molecule has 1 aromatic heterocycles. The van der Waals surface area contributed by atoms with Gasteiger partial charge in [-0.2, -0.15) is 0 Å². The van der Waals surface area contributed by atoms with Crippen molar-refractivity contribution in [1.29, 1.82) is 0 Å². The number of nitrogens with zero attached hydrogens (tertiary/aromatic N) is 1. The lowest BCUT2D eigenvalue weighted by atomic mass is 10.2. The molecule has 0 fully saturated rings. The topological polar surface area (TPSA) is 17.0 Å². The maximum absolute atomic E-state index is 13.5. The minimum absolute atomic E-state index is 0.143. The molecule has 0 aliphatic rings. The monoisotopic (exact) mass is 232 g/mol. The van der Waals surface area contributed by atoms with Crippen LogP contribution in [0.2, 0.25) is 0 Å². The second-order valence-corrected chi connectivity index (χ2v) is 4.00. The Hall–Kier alpha value is -1.61. The van der Waals surface area contributed by atoms with Crippen LogP contribution in [0, 0.1) is 5.82 Å². The maximum atomic E-state index is 13.5. The minimum Gasteiger partial charge on any atom is -0.346 e. The summed E-state index contributed by atoms with van der Waals surface area (Å²) in [5.41, 5.74) is 1.90. The van der Waals surface area contributed by atoms with E-state index >= 15 is 0 Å². The van der Waals surface area contributed by atoms with Crippen LogP contribution < -0.4 is 5.32 Å². The summed E-state index contributed by atoms with van der Waals surface area (Å²) in [4.78, 5) is 0. The van der Waals surface area contributed by atoms with Gasteiger partial charge < -0.3 is 9.88 Å². The lowest BCUT2D eigenvalue weighted by Gasteiger charge is -2.10. The normalized spacial score (nSPS) is 10.7. The Bertz CT molecular complexity index is 477. The predicted molar refractivity (Wildman–Crippen MR) is 67.3 cm³/mol. The summed E-state index contributed by atoms with van der Waals surface area (Å²) in [6.07, 6.45) is 1.99. The first kappa shape index (κ1) is 11.9. The van der Waals surface area contributed by atoms with Crippen molar-refractivity contribution >= 4 is 0 Å². The number of halogens is 1. The number of nitrogens with one attached hydrogen (secondary N) is 1. The lowest BCUT2D eigenvalue weighted by molar-refractivity contribution is 0.590. The summed E-state index contributed by atoms with van der Waals surface area (Å²) in [5, 5.41) is 3.28. The molecule has 0 aliphatic carbocycles. The van der Waals surface area contributed by atoms with Crippen LogP contribution in [0.5, 0.6) is 0 Å². The van der Waals surface area contributed by atoms with Gasteiger partial charge in [0.2, 0.25) is 0 Å². The lowest BCUT2D eigenvalue weighted by Crippen LogP contribution is -2.15. The van der Waals surface area contributed by atoms with E-state index in [0.717, 1.165) is 18.7 Å². The predicted octanol–water partition coefficient (Wildman–Crippen LogP) is 2.79. The van der Waals surface area contributed by atoms with E-state index < -0.39 is 0 Å². The number of benzene rings is 1. The van der Waals surface area contributed by atoms with Crippen LogP contribution in [0.4, 0.5) is 4.39 Å². The summed E-state index contributed by atoms with van der Waals surface area (Å²) >= 11 is 0. The molecule has 2 rings (SSSR count). The molecule has 0 bridgehead atoms. The first-order chi connectivity index (χ1) is 8.31. The Labute approximate surface area is 101 Å². The van der Waals surface area contributed by atoms with Gasteiger partial charge in [-0.3, -0.25) is 0 Å². The van der Waals surface area contributed by atoms with Crippen molar-refractivity contribution in [2.75, 3.05) is 6.54 Å². The van der Waals surface area contributed by atoms with E-state index in [-0.39, 0.29) is 5.82 Å². The van der Waals surface area contributed by atoms with E-state index in [0.29, 0.717) is 6.54 Å². The van der Waals surface area contributed by atoms with E-state index in [1.165, 1.54) is 11.8 Å². The molecule has 1 heterocycles. The SMILES string of the molecule is CCNCc1cccn1Cc1ccccc1F. The van der Waals surface area contributed by atoms with Crippen molar-refractivity contribution in [3.05, 3.63) is 59.7 Å². The van der Waals surface area contributed by atoms with Gasteiger partial charge in [-0.1, -0.05) is 25.1 Å². The van der Waals surface area contributed by atoms with Gasteiger partial charge in [0.15, 0.2) is 0 Å². The quantitative estimate of drug-likeness (QED) is 0.838. The molecule has 0 unspecified atom stereocenters. The minimum atomic E-state index is -0.143. The highest BCUT2D eigenvalue weighted by molar-refractivity contribution is 5.19. The molecule has 0 amide bonds. The fourth-order valence-electron chi connectivity index (χ4n) is 1.83. The van der Waals surface area contributed by atoms with Gasteiger partial charge in [0.25, 0.3) is 0 Å². The molecule has 17 heavy (non-hydrogen) atoms.